The monoisotopic (exact) mass is 1030 g/mol. The largest absolute Gasteiger partial charge is 0.504 e. The van der Waals surface area contributed by atoms with Crippen molar-refractivity contribution in [3.63, 3.8) is 0 Å². The zero-order valence-electron chi connectivity index (χ0n) is 39.4. The number of hydrogen-bond acceptors (Lipinski definition) is 26. The van der Waals surface area contributed by atoms with E-state index >= 15 is 0 Å². The molecule has 26 heteroatoms. The van der Waals surface area contributed by atoms with E-state index in [9.17, 15) is 40.9 Å². The zero-order valence-corrected chi connectivity index (χ0v) is 39.4. The summed E-state index contributed by atoms with van der Waals surface area (Å²) in [5.74, 6) is -2.51. The normalized spacial score (nSPS) is 11.8. The average molecular weight is 1030 g/mol. The molecule has 0 atom stereocenters. The Kier molecular flexibility index (Phi) is 22.1. The van der Waals surface area contributed by atoms with Gasteiger partial charge in [0.1, 0.15) is 0 Å². The minimum atomic E-state index is -0.506. The lowest BCUT2D eigenvalue weighted by atomic mass is 10.1. The van der Waals surface area contributed by atoms with Gasteiger partial charge in [-0.15, -0.1) is 0 Å². The van der Waals surface area contributed by atoms with Gasteiger partial charge in [-0.25, -0.2) is 0 Å². The van der Waals surface area contributed by atoms with Crippen LogP contribution in [-0.2, 0) is 38.7 Å². The van der Waals surface area contributed by atoms with Crippen molar-refractivity contribution in [1.29, 1.82) is 0 Å². The van der Waals surface area contributed by atoms with Crippen molar-refractivity contribution in [1.82, 2.24) is 0 Å². The molecule has 0 aliphatic heterocycles. The van der Waals surface area contributed by atoms with Crippen molar-refractivity contribution in [2.24, 2.45) is 41.2 Å². The predicted octanol–water partition coefficient (Wildman–Crippen LogP) is 4.95. The second-order valence-corrected chi connectivity index (χ2v) is 14.2. The van der Waals surface area contributed by atoms with Crippen LogP contribution in [0.5, 0.6) is 57.5 Å². The molecule has 0 saturated carbocycles. The van der Waals surface area contributed by atoms with Crippen LogP contribution in [0, 0.1) is 0 Å². The van der Waals surface area contributed by atoms with Crippen LogP contribution in [0.25, 0.3) is 0 Å². The Hall–Kier alpha value is -10.1. The van der Waals surface area contributed by atoms with Crippen LogP contribution in [0.3, 0.4) is 0 Å². The number of benzene rings is 5. The summed E-state index contributed by atoms with van der Waals surface area (Å²) >= 11 is 0. The summed E-state index contributed by atoms with van der Waals surface area (Å²) in [5, 5.41) is 112. The lowest BCUT2D eigenvalue weighted by Crippen LogP contribution is -1.99. The molecule has 0 spiro atoms. The lowest BCUT2D eigenvalue weighted by Gasteiger charge is -2.06. The molecule has 0 amide bonds. The van der Waals surface area contributed by atoms with Gasteiger partial charge in [0.2, 0.25) is 0 Å². The molecule has 0 fully saturated rings. The fraction of sp³-hybridized carbons (Fsp3) is 0.208. The number of oxime groups is 8. The second-order valence-electron chi connectivity index (χ2n) is 14.2. The van der Waals surface area contributed by atoms with E-state index in [0.29, 0.717) is 22.6 Å². The first-order valence-electron chi connectivity index (χ1n) is 21.6. The first kappa shape index (κ1) is 54.8. The second kappa shape index (κ2) is 29.8. The number of hydrogen-bond donors (Lipinski definition) is 8. The van der Waals surface area contributed by atoms with Crippen LogP contribution in [0.15, 0.2) is 114 Å². The zero-order chi connectivity index (χ0) is 52.9. The first-order chi connectivity index (χ1) is 36.0. The third kappa shape index (κ3) is 16.8. The van der Waals surface area contributed by atoms with Gasteiger partial charge < -0.3 is 89.0 Å². The molecule has 5 aromatic rings. The minimum Gasteiger partial charge on any atom is -0.504 e. The van der Waals surface area contributed by atoms with E-state index in [1.807, 2.05) is 0 Å². The Morgan fingerprint density at radius 3 is 0.622 bits per heavy atom. The molecule has 5 aromatic carbocycles. The van der Waals surface area contributed by atoms with Gasteiger partial charge in [0.05, 0.1) is 63.9 Å². The molecule has 26 nitrogen and oxygen atoms in total. The van der Waals surface area contributed by atoms with Crippen molar-refractivity contribution in [3.05, 3.63) is 117 Å². The summed E-state index contributed by atoms with van der Waals surface area (Å²) in [6, 6.07) is 18.5. The van der Waals surface area contributed by atoms with Gasteiger partial charge in [-0.1, -0.05) is 53.4 Å². The Balaban J connectivity index is 0.922. The summed E-state index contributed by atoms with van der Waals surface area (Å²) in [6.45, 7) is -0.215. The smallest absolute Gasteiger partial charge is 0.167 e. The highest BCUT2D eigenvalue weighted by atomic mass is 16.7. The number of ether oxygens (including phenoxy) is 2. The molecule has 0 aliphatic carbocycles. The molecule has 0 heterocycles. The molecule has 5 rings (SSSR count). The van der Waals surface area contributed by atoms with Gasteiger partial charge in [-0.05, 0) is 60.7 Å². The van der Waals surface area contributed by atoms with Crippen molar-refractivity contribution < 1.29 is 89.0 Å². The van der Waals surface area contributed by atoms with E-state index in [1.165, 1.54) is 75.5 Å². The fourth-order valence-electron chi connectivity index (χ4n) is 5.55. The number of aromatic hydroxyl groups is 8. The van der Waals surface area contributed by atoms with E-state index in [0.717, 1.165) is 24.9 Å². The minimum absolute atomic E-state index is 0.00718. The third-order valence-corrected chi connectivity index (χ3v) is 9.34. The van der Waals surface area contributed by atoms with E-state index in [2.05, 4.69) is 41.2 Å². The quantitative estimate of drug-likeness (QED) is 0.0130. The Bertz CT molecular complexity index is 2670. The SMILES string of the molecule is COc1cccc(/C=N/OCCO/N=C/c2ccc(/C=N/OCCO/N=C/c3ccc(/C=N/OCCO/N=C/c4ccc(/C=N/OCCO/N=C/c5cccc(OC)c5O)c(O)c4O)c(O)c3O)c(O)c2O)c1O. The van der Waals surface area contributed by atoms with Crippen molar-refractivity contribution in [2.75, 3.05) is 67.1 Å². The maximum atomic E-state index is 10.4. The van der Waals surface area contributed by atoms with E-state index in [4.69, 9.17) is 48.2 Å². The highest BCUT2D eigenvalue weighted by Gasteiger charge is 2.13. The molecule has 8 N–H and O–H groups in total. The highest BCUT2D eigenvalue weighted by Crippen LogP contribution is 2.34. The van der Waals surface area contributed by atoms with Crippen LogP contribution < -0.4 is 9.47 Å². The molecule has 0 radical (unpaired) electrons. The van der Waals surface area contributed by atoms with Gasteiger partial charge >= 0.3 is 0 Å². The average Bonchev–Trinajstić information content (AvgIpc) is 3.40. The standard InChI is InChI=1S/C48H50N8O18/c1-65-39-7-3-5-31(41(39)57)23-49-67-15-17-69-51-25-33-9-11-35(45(61)43(33)59)27-53-71-19-21-73-55-29-37-13-14-38(48(64)47(37)63)30-56-74-22-20-72-54-28-36-12-10-34(44(60)46(36)62)26-52-70-18-16-68-50-24-32-6-4-8-40(66-2)42(32)58/h3-14,23-30,57-64H,15-22H2,1-2H3/b49-23+,50-24+,51-25+,52-26+,53-27+,54-28+,55-29+,56-30+. The van der Waals surface area contributed by atoms with Gasteiger partial charge in [0, 0.05) is 44.5 Å². The third-order valence-electron chi connectivity index (χ3n) is 9.34. The molecule has 0 aromatic heterocycles. The van der Waals surface area contributed by atoms with Crippen LogP contribution in [0.1, 0.15) is 44.5 Å². The van der Waals surface area contributed by atoms with E-state index < -0.39 is 34.5 Å². The summed E-state index contributed by atoms with van der Waals surface area (Å²) < 4.78 is 10.1. The number of phenols is 8. The Morgan fingerprint density at radius 2 is 0.446 bits per heavy atom. The number of nitrogens with zero attached hydrogens (tertiary/aromatic N) is 8. The van der Waals surface area contributed by atoms with Gasteiger partial charge in [0.15, 0.2) is 110 Å². The predicted molar refractivity (Wildman–Crippen MR) is 267 cm³/mol. The molecule has 390 valence electrons. The van der Waals surface area contributed by atoms with Crippen molar-refractivity contribution in [3.8, 4) is 57.5 Å². The van der Waals surface area contributed by atoms with E-state index in [1.54, 1.807) is 36.4 Å². The topological polar surface area (TPSA) is 353 Å². The molecular weight excluding hydrogens is 977 g/mol. The number of para-hydroxylation sites is 2. The molecular formula is C48H50N8O18. The summed E-state index contributed by atoms with van der Waals surface area (Å²) in [5.41, 5.74) is 1.62. The summed E-state index contributed by atoms with van der Waals surface area (Å²) in [6.07, 6.45) is 9.63. The molecule has 0 bridgehead atoms. The molecule has 0 saturated heterocycles. The fourth-order valence-corrected chi connectivity index (χ4v) is 5.55. The van der Waals surface area contributed by atoms with Gasteiger partial charge in [-0.3, -0.25) is 0 Å². The molecule has 74 heavy (non-hydrogen) atoms. The van der Waals surface area contributed by atoms with Crippen LogP contribution in [0.4, 0.5) is 0 Å². The van der Waals surface area contributed by atoms with E-state index in [-0.39, 0.29) is 97.7 Å². The van der Waals surface area contributed by atoms with Crippen LogP contribution >= 0.6 is 0 Å². The summed E-state index contributed by atoms with van der Waals surface area (Å²) in [4.78, 5) is 40.7. The van der Waals surface area contributed by atoms with Crippen LogP contribution in [0.2, 0.25) is 0 Å². The highest BCUT2D eigenvalue weighted by molar-refractivity contribution is 5.93. The van der Waals surface area contributed by atoms with Gasteiger partial charge in [0.25, 0.3) is 0 Å². The van der Waals surface area contributed by atoms with Gasteiger partial charge in [-0.2, -0.15) is 0 Å². The van der Waals surface area contributed by atoms with Crippen molar-refractivity contribution in [2.45, 2.75) is 0 Å². The Labute approximate surface area is 421 Å². The maximum absolute atomic E-state index is 10.4. The number of phenolic OH excluding ortho intramolecular Hbond substituents is 8. The summed E-state index contributed by atoms with van der Waals surface area (Å²) in [7, 11) is 2.86. The maximum Gasteiger partial charge on any atom is 0.167 e. The number of methoxy groups -OCH3 is 2. The van der Waals surface area contributed by atoms with Crippen molar-refractivity contribution >= 4 is 49.7 Å². The lowest BCUT2D eigenvalue weighted by molar-refractivity contribution is 0.0552. The Morgan fingerprint density at radius 1 is 0.270 bits per heavy atom. The molecule has 0 aliphatic rings. The first-order valence-corrected chi connectivity index (χ1v) is 21.6. The van der Waals surface area contributed by atoms with Crippen LogP contribution in [-0.4, -0.2) is 158 Å². The molecule has 0 unspecified atom stereocenters. The number of rotatable bonds is 30.